The molecule has 0 bridgehead atoms. The lowest BCUT2D eigenvalue weighted by atomic mass is 9.75. The van der Waals surface area contributed by atoms with Gasteiger partial charge in [0.2, 0.25) is 5.92 Å². The van der Waals surface area contributed by atoms with Crippen LogP contribution in [0.4, 0.5) is 8.78 Å². The highest BCUT2D eigenvalue weighted by Crippen LogP contribution is 2.48. The molecule has 1 aliphatic rings. The molecule has 2 unspecified atom stereocenters. The molecule has 0 amide bonds. The average molecular weight is 457 g/mol. The first-order valence-electron chi connectivity index (χ1n) is 11.0. The molecule has 0 saturated heterocycles. The Kier molecular flexibility index (Phi) is 5.45. The number of hydrogen-bond acceptors (Lipinski definition) is 6. The van der Waals surface area contributed by atoms with Crippen molar-refractivity contribution in [1.29, 1.82) is 0 Å². The third-order valence-corrected chi connectivity index (χ3v) is 6.23. The number of aliphatic hydroxyl groups excluding tert-OH is 2. The molecule has 4 heterocycles. The molecular weight excluding hydrogens is 432 g/mol. The van der Waals surface area contributed by atoms with Crippen LogP contribution in [0, 0.1) is 5.92 Å². The van der Waals surface area contributed by atoms with Crippen LogP contribution >= 0.6 is 0 Å². The van der Waals surface area contributed by atoms with E-state index in [-0.39, 0.29) is 38.0 Å². The monoisotopic (exact) mass is 457 g/mol. The van der Waals surface area contributed by atoms with E-state index in [9.17, 15) is 13.9 Å². The van der Waals surface area contributed by atoms with Crippen molar-refractivity contribution in [3.63, 3.8) is 0 Å². The Hall–Kier alpha value is -3.18. The highest BCUT2D eigenvalue weighted by Gasteiger charge is 2.48. The van der Waals surface area contributed by atoms with Gasteiger partial charge in [-0.05, 0) is 18.4 Å². The van der Waals surface area contributed by atoms with Crippen molar-refractivity contribution in [3.05, 3.63) is 43.2 Å². The molecule has 0 radical (unpaired) electrons. The van der Waals surface area contributed by atoms with Gasteiger partial charge in [-0.3, -0.25) is 9.36 Å². The standard InChI is InChI=1S/C22H25F2N7O2/c1-2-19(14-5-22(23,24)6-14)30-10-16(8-27-30)21-20-3-4-25-31(20)12-18(28-21)15-7-26-29(9-15)11-17(33)13-32/h3-4,7-10,12,14,17,19,32-33H,2,5-6,11,13H2,1H3. The molecule has 174 valence electrons. The topological polar surface area (TPSA) is 106 Å². The molecule has 2 atom stereocenters. The van der Waals surface area contributed by atoms with Crippen LogP contribution < -0.4 is 0 Å². The summed E-state index contributed by atoms with van der Waals surface area (Å²) in [5, 5.41) is 31.8. The summed E-state index contributed by atoms with van der Waals surface area (Å²) in [5.74, 6) is -2.65. The fourth-order valence-corrected chi connectivity index (χ4v) is 4.51. The van der Waals surface area contributed by atoms with Crippen molar-refractivity contribution in [2.45, 2.75) is 50.8 Å². The molecule has 5 rings (SSSR count). The molecule has 0 aliphatic heterocycles. The smallest absolute Gasteiger partial charge is 0.248 e. The zero-order valence-electron chi connectivity index (χ0n) is 18.1. The maximum Gasteiger partial charge on any atom is 0.248 e. The molecule has 1 aliphatic carbocycles. The molecule has 4 aromatic rings. The summed E-state index contributed by atoms with van der Waals surface area (Å²) >= 11 is 0. The summed E-state index contributed by atoms with van der Waals surface area (Å²) in [6.07, 6.45) is 10.0. The third kappa shape index (κ3) is 4.13. The van der Waals surface area contributed by atoms with E-state index in [1.54, 1.807) is 44.9 Å². The first-order chi connectivity index (χ1) is 15.9. The van der Waals surface area contributed by atoms with Crippen LogP contribution in [-0.2, 0) is 6.54 Å². The largest absolute Gasteiger partial charge is 0.394 e. The van der Waals surface area contributed by atoms with Gasteiger partial charge in [-0.25, -0.2) is 18.3 Å². The molecule has 0 aromatic carbocycles. The number of aliphatic hydroxyl groups is 2. The van der Waals surface area contributed by atoms with E-state index in [1.807, 2.05) is 19.2 Å². The fraction of sp³-hybridized carbons (Fsp3) is 0.455. The molecule has 33 heavy (non-hydrogen) atoms. The zero-order valence-corrected chi connectivity index (χ0v) is 18.1. The maximum atomic E-state index is 13.4. The van der Waals surface area contributed by atoms with Crippen LogP contribution in [0.5, 0.6) is 0 Å². The van der Waals surface area contributed by atoms with E-state index < -0.39 is 12.0 Å². The van der Waals surface area contributed by atoms with Crippen molar-refractivity contribution < 1.29 is 19.0 Å². The van der Waals surface area contributed by atoms with Gasteiger partial charge in [0.25, 0.3) is 0 Å². The minimum atomic E-state index is -2.56. The van der Waals surface area contributed by atoms with Crippen LogP contribution in [0.1, 0.15) is 32.2 Å². The second-order valence-electron chi connectivity index (χ2n) is 8.63. The Bertz CT molecular complexity index is 1260. The highest BCUT2D eigenvalue weighted by atomic mass is 19.3. The lowest BCUT2D eigenvalue weighted by molar-refractivity contribution is -0.125. The lowest BCUT2D eigenvalue weighted by Gasteiger charge is -2.39. The number of aromatic nitrogens is 7. The molecule has 1 fully saturated rings. The molecule has 9 nitrogen and oxygen atoms in total. The highest BCUT2D eigenvalue weighted by molar-refractivity contribution is 5.78. The van der Waals surface area contributed by atoms with Crippen molar-refractivity contribution >= 4 is 5.52 Å². The van der Waals surface area contributed by atoms with E-state index in [1.165, 1.54) is 0 Å². The predicted octanol–water partition coefficient (Wildman–Crippen LogP) is 2.81. The van der Waals surface area contributed by atoms with E-state index in [4.69, 9.17) is 10.1 Å². The second-order valence-corrected chi connectivity index (χ2v) is 8.63. The second kappa shape index (κ2) is 8.31. The Morgan fingerprint density at radius 3 is 2.64 bits per heavy atom. The Labute approximate surface area is 188 Å². The first kappa shape index (κ1) is 21.7. The Balaban J connectivity index is 1.47. The minimum absolute atomic E-state index is 0.0846. The first-order valence-corrected chi connectivity index (χ1v) is 11.0. The molecule has 4 aromatic heterocycles. The van der Waals surface area contributed by atoms with E-state index in [2.05, 4.69) is 15.3 Å². The van der Waals surface area contributed by atoms with E-state index >= 15 is 0 Å². The average Bonchev–Trinajstić information content (AvgIpc) is 3.53. The van der Waals surface area contributed by atoms with Crippen LogP contribution in [0.25, 0.3) is 28.0 Å². The summed E-state index contributed by atoms with van der Waals surface area (Å²) in [4.78, 5) is 4.83. The predicted molar refractivity (Wildman–Crippen MR) is 116 cm³/mol. The number of hydrogen-bond donors (Lipinski definition) is 2. The molecule has 1 saturated carbocycles. The molecule has 2 N–H and O–H groups in total. The maximum absolute atomic E-state index is 13.4. The molecule has 0 spiro atoms. The van der Waals surface area contributed by atoms with Gasteiger partial charge in [-0.15, -0.1) is 0 Å². The van der Waals surface area contributed by atoms with Crippen LogP contribution in [0.3, 0.4) is 0 Å². The Morgan fingerprint density at radius 2 is 1.91 bits per heavy atom. The van der Waals surface area contributed by atoms with Crippen molar-refractivity contribution in [1.82, 2.24) is 34.2 Å². The van der Waals surface area contributed by atoms with Gasteiger partial charge in [0.1, 0.15) is 0 Å². The van der Waals surface area contributed by atoms with Crippen molar-refractivity contribution in [2.75, 3.05) is 6.61 Å². The van der Waals surface area contributed by atoms with E-state index in [0.717, 1.165) is 23.1 Å². The van der Waals surface area contributed by atoms with Gasteiger partial charge in [0, 0.05) is 36.4 Å². The van der Waals surface area contributed by atoms with Gasteiger partial charge in [0.15, 0.2) is 0 Å². The summed E-state index contributed by atoms with van der Waals surface area (Å²) < 4.78 is 31.9. The van der Waals surface area contributed by atoms with Gasteiger partial charge in [0.05, 0.1) is 67.0 Å². The summed E-state index contributed by atoms with van der Waals surface area (Å²) in [6.45, 7) is 1.80. The van der Waals surface area contributed by atoms with Gasteiger partial charge in [-0.1, -0.05) is 6.92 Å². The lowest BCUT2D eigenvalue weighted by Crippen LogP contribution is -2.40. The van der Waals surface area contributed by atoms with E-state index in [0.29, 0.717) is 11.4 Å². The minimum Gasteiger partial charge on any atom is -0.394 e. The number of fused-ring (bicyclic) bond motifs is 1. The van der Waals surface area contributed by atoms with Gasteiger partial charge in [-0.2, -0.15) is 15.3 Å². The van der Waals surface area contributed by atoms with Crippen LogP contribution in [0.15, 0.2) is 43.2 Å². The van der Waals surface area contributed by atoms with Crippen LogP contribution in [0.2, 0.25) is 0 Å². The van der Waals surface area contributed by atoms with Gasteiger partial charge >= 0.3 is 0 Å². The molecular formula is C22H25F2N7O2. The summed E-state index contributed by atoms with van der Waals surface area (Å²) in [5.41, 5.74) is 3.60. The Morgan fingerprint density at radius 1 is 1.12 bits per heavy atom. The normalized spacial score (nSPS) is 17.8. The quantitative estimate of drug-likeness (QED) is 0.422. The number of alkyl halides is 2. The number of halogens is 2. The van der Waals surface area contributed by atoms with Crippen molar-refractivity contribution in [2.24, 2.45) is 5.92 Å². The van der Waals surface area contributed by atoms with Crippen molar-refractivity contribution in [3.8, 4) is 22.5 Å². The number of rotatable bonds is 8. The fourth-order valence-electron chi connectivity index (χ4n) is 4.51. The third-order valence-electron chi connectivity index (χ3n) is 6.23. The van der Waals surface area contributed by atoms with Crippen LogP contribution in [-0.4, -0.2) is 63.0 Å². The zero-order chi connectivity index (χ0) is 23.2. The summed E-state index contributed by atoms with van der Waals surface area (Å²) in [7, 11) is 0. The van der Waals surface area contributed by atoms with Gasteiger partial charge < -0.3 is 10.2 Å². The number of nitrogens with zero attached hydrogens (tertiary/aromatic N) is 7. The molecule has 11 heteroatoms. The summed E-state index contributed by atoms with van der Waals surface area (Å²) in [6, 6.07) is 1.77. The SMILES string of the molecule is CCC(C1CC(F)(F)C1)n1cc(-c2nc(-c3cnn(CC(O)CO)c3)cn3nccc23)cn1.